The molecule has 0 spiro atoms. The van der Waals surface area contributed by atoms with Crippen LogP contribution in [0.5, 0.6) is 0 Å². The number of hydrogen-bond acceptors (Lipinski definition) is 3. The van der Waals surface area contributed by atoms with Crippen molar-refractivity contribution in [2.75, 3.05) is 26.2 Å². The minimum atomic E-state index is 0.354. The SMILES string of the molecule is O=C(CCC1CCCN(Cc2ccc(-c3cccc(Cl)c3)o2)C1)N1CCCC1. The molecule has 1 atom stereocenters. The first-order valence-electron chi connectivity index (χ1n) is 10.5. The van der Waals surface area contributed by atoms with Crippen molar-refractivity contribution in [3.8, 4) is 11.3 Å². The Bertz CT molecular complexity index is 797. The summed E-state index contributed by atoms with van der Waals surface area (Å²) in [5.74, 6) is 2.82. The molecule has 2 aromatic rings. The summed E-state index contributed by atoms with van der Waals surface area (Å²) in [7, 11) is 0. The van der Waals surface area contributed by atoms with E-state index in [1.54, 1.807) is 0 Å². The smallest absolute Gasteiger partial charge is 0.222 e. The van der Waals surface area contributed by atoms with E-state index in [0.717, 1.165) is 61.3 Å². The molecule has 2 aliphatic rings. The van der Waals surface area contributed by atoms with Crippen LogP contribution in [0.4, 0.5) is 0 Å². The van der Waals surface area contributed by atoms with Gasteiger partial charge in [0.05, 0.1) is 6.54 Å². The Morgan fingerprint density at radius 3 is 2.79 bits per heavy atom. The first-order valence-corrected chi connectivity index (χ1v) is 10.9. The molecule has 0 N–H and O–H groups in total. The zero-order chi connectivity index (χ0) is 19.3. The standard InChI is InChI=1S/C23H29ClN2O2/c24-20-7-3-6-19(15-20)22-10-9-21(28-22)17-25-12-4-5-18(16-25)8-11-23(27)26-13-1-2-14-26/h3,6-7,9-10,15,18H,1-2,4-5,8,11-14,16-17H2. The molecule has 150 valence electrons. The number of benzene rings is 1. The summed E-state index contributed by atoms with van der Waals surface area (Å²) in [6, 6.07) is 11.9. The third kappa shape index (κ3) is 4.98. The minimum absolute atomic E-state index is 0.354. The Morgan fingerprint density at radius 1 is 1.11 bits per heavy atom. The van der Waals surface area contributed by atoms with Gasteiger partial charge in [0.25, 0.3) is 0 Å². The molecule has 1 aromatic carbocycles. The predicted molar refractivity (Wildman–Crippen MR) is 112 cm³/mol. The van der Waals surface area contributed by atoms with E-state index in [-0.39, 0.29) is 0 Å². The van der Waals surface area contributed by atoms with Gasteiger partial charge in [0.1, 0.15) is 11.5 Å². The second kappa shape index (κ2) is 9.15. The molecular weight excluding hydrogens is 372 g/mol. The molecule has 1 amide bonds. The van der Waals surface area contributed by atoms with Gasteiger partial charge in [-0.15, -0.1) is 0 Å². The quantitative estimate of drug-likeness (QED) is 0.667. The fraction of sp³-hybridized carbons (Fsp3) is 0.522. The maximum absolute atomic E-state index is 12.3. The average molecular weight is 401 g/mol. The van der Waals surface area contributed by atoms with E-state index >= 15 is 0 Å². The van der Waals surface area contributed by atoms with Crippen molar-refractivity contribution in [3.05, 3.63) is 47.2 Å². The van der Waals surface area contributed by atoms with Crippen molar-refractivity contribution in [1.29, 1.82) is 0 Å². The van der Waals surface area contributed by atoms with Gasteiger partial charge in [-0.05, 0) is 68.8 Å². The summed E-state index contributed by atoms with van der Waals surface area (Å²) in [6.45, 7) is 4.91. The molecule has 2 fully saturated rings. The Hall–Kier alpha value is -1.78. The second-order valence-corrected chi connectivity index (χ2v) is 8.58. The van der Waals surface area contributed by atoms with E-state index in [2.05, 4.69) is 11.0 Å². The average Bonchev–Trinajstić information content (AvgIpc) is 3.39. The van der Waals surface area contributed by atoms with E-state index in [1.807, 2.05) is 35.2 Å². The van der Waals surface area contributed by atoms with Crippen LogP contribution in [-0.4, -0.2) is 41.9 Å². The first kappa shape index (κ1) is 19.5. The van der Waals surface area contributed by atoms with Gasteiger partial charge < -0.3 is 9.32 Å². The van der Waals surface area contributed by atoms with Crippen molar-refractivity contribution >= 4 is 17.5 Å². The van der Waals surface area contributed by atoms with E-state index in [0.29, 0.717) is 18.2 Å². The summed E-state index contributed by atoms with van der Waals surface area (Å²) in [5, 5.41) is 0.720. The fourth-order valence-corrected chi connectivity index (χ4v) is 4.65. The molecule has 2 saturated heterocycles. The Labute approximate surface area is 172 Å². The highest BCUT2D eigenvalue weighted by Crippen LogP contribution is 2.27. The normalized spacial score (nSPS) is 20.6. The number of hydrogen-bond donors (Lipinski definition) is 0. The maximum Gasteiger partial charge on any atom is 0.222 e. The van der Waals surface area contributed by atoms with Gasteiger partial charge in [0.15, 0.2) is 0 Å². The molecule has 2 aliphatic heterocycles. The van der Waals surface area contributed by atoms with E-state index in [4.69, 9.17) is 16.0 Å². The summed E-state index contributed by atoms with van der Waals surface area (Å²) in [5.41, 5.74) is 1.01. The molecule has 5 heteroatoms. The highest BCUT2D eigenvalue weighted by atomic mass is 35.5. The molecule has 0 saturated carbocycles. The number of halogens is 1. The van der Waals surface area contributed by atoms with Crippen LogP contribution in [0.2, 0.25) is 5.02 Å². The number of carbonyl (C=O) groups is 1. The number of rotatable bonds is 6. The molecule has 4 rings (SSSR count). The van der Waals surface area contributed by atoms with E-state index in [1.165, 1.54) is 25.7 Å². The molecular formula is C23H29ClN2O2. The van der Waals surface area contributed by atoms with Crippen molar-refractivity contribution in [3.63, 3.8) is 0 Å². The van der Waals surface area contributed by atoms with E-state index < -0.39 is 0 Å². The van der Waals surface area contributed by atoms with Crippen LogP contribution >= 0.6 is 11.6 Å². The van der Waals surface area contributed by atoms with Crippen molar-refractivity contribution in [2.45, 2.75) is 45.1 Å². The van der Waals surface area contributed by atoms with Crippen LogP contribution in [0.1, 0.15) is 44.3 Å². The van der Waals surface area contributed by atoms with Gasteiger partial charge >= 0.3 is 0 Å². The third-order valence-corrected chi connectivity index (χ3v) is 6.21. The van der Waals surface area contributed by atoms with Gasteiger partial charge in [-0.2, -0.15) is 0 Å². The number of likely N-dealkylation sites (tertiary alicyclic amines) is 2. The highest BCUT2D eigenvalue weighted by molar-refractivity contribution is 6.30. The summed E-state index contributed by atoms with van der Waals surface area (Å²) >= 11 is 6.09. The van der Waals surface area contributed by atoms with Crippen LogP contribution in [0.3, 0.4) is 0 Å². The van der Waals surface area contributed by atoms with Crippen molar-refractivity contribution in [2.24, 2.45) is 5.92 Å². The topological polar surface area (TPSA) is 36.7 Å². The largest absolute Gasteiger partial charge is 0.460 e. The summed E-state index contributed by atoms with van der Waals surface area (Å²) in [4.78, 5) is 16.8. The molecule has 1 aromatic heterocycles. The zero-order valence-corrected chi connectivity index (χ0v) is 17.2. The van der Waals surface area contributed by atoms with Crippen molar-refractivity contribution < 1.29 is 9.21 Å². The monoisotopic (exact) mass is 400 g/mol. The first-order chi connectivity index (χ1) is 13.7. The Kier molecular flexibility index (Phi) is 6.38. The van der Waals surface area contributed by atoms with Gasteiger partial charge in [0.2, 0.25) is 5.91 Å². The Balaban J connectivity index is 1.28. The van der Waals surface area contributed by atoms with Crippen molar-refractivity contribution in [1.82, 2.24) is 9.80 Å². The van der Waals surface area contributed by atoms with E-state index in [9.17, 15) is 4.79 Å². The maximum atomic E-state index is 12.3. The lowest BCUT2D eigenvalue weighted by atomic mass is 9.93. The highest BCUT2D eigenvalue weighted by Gasteiger charge is 2.23. The zero-order valence-electron chi connectivity index (χ0n) is 16.4. The lowest BCUT2D eigenvalue weighted by Gasteiger charge is -2.32. The molecule has 1 unspecified atom stereocenters. The van der Waals surface area contributed by atoms with Gasteiger partial charge in [0, 0.05) is 36.6 Å². The predicted octanol–water partition coefficient (Wildman–Crippen LogP) is 5.21. The van der Waals surface area contributed by atoms with Gasteiger partial charge in [-0.25, -0.2) is 0 Å². The number of furan rings is 1. The molecule has 3 heterocycles. The minimum Gasteiger partial charge on any atom is -0.460 e. The van der Waals surface area contributed by atoms with Gasteiger partial charge in [-0.3, -0.25) is 9.69 Å². The van der Waals surface area contributed by atoms with Crippen LogP contribution in [0, 0.1) is 5.92 Å². The summed E-state index contributed by atoms with van der Waals surface area (Å²) < 4.78 is 6.07. The third-order valence-electron chi connectivity index (χ3n) is 5.98. The number of piperidine rings is 1. The lowest BCUT2D eigenvalue weighted by molar-refractivity contribution is -0.130. The van der Waals surface area contributed by atoms with Crippen LogP contribution in [-0.2, 0) is 11.3 Å². The summed E-state index contributed by atoms with van der Waals surface area (Å²) in [6.07, 6.45) is 6.49. The number of amides is 1. The number of carbonyl (C=O) groups excluding carboxylic acids is 1. The molecule has 0 aliphatic carbocycles. The molecule has 28 heavy (non-hydrogen) atoms. The second-order valence-electron chi connectivity index (χ2n) is 8.15. The Morgan fingerprint density at radius 2 is 1.96 bits per heavy atom. The lowest BCUT2D eigenvalue weighted by Crippen LogP contribution is -2.35. The van der Waals surface area contributed by atoms with Crippen LogP contribution in [0.15, 0.2) is 40.8 Å². The fourth-order valence-electron chi connectivity index (χ4n) is 4.46. The molecule has 0 radical (unpaired) electrons. The van der Waals surface area contributed by atoms with Crippen LogP contribution in [0.25, 0.3) is 11.3 Å². The van der Waals surface area contributed by atoms with Gasteiger partial charge in [-0.1, -0.05) is 23.7 Å². The molecule has 0 bridgehead atoms. The molecule has 4 nitrogen and oxygen atoms in total. The van der Waals surface area contributed by atoms with Crippen LogP contribution < -0.4 is 0 Å². The number of nitrogens with zero attached hydrogens (tertiary/aromatic N) is 2.